The molecule has 0 bridgehead atoms. The van der Waals surface area contributed by atoms with Crippen LogP contribution in [0.2, 0.25) is 0 Å². The van der Waals surface area contributed by atoms with Gasteiger partial charge in [-0.05, 0) is 13.3 Å². The smallest absolute Gasteiger partial charge is 0.387 e. The van der Waals surface area contributed by atoms with Crippen molar-refractivity contribution in [3.05, 3.63) is 24.8 Å². The monoisotopic (exact) mass is 415 g/mol. The molecular formula is C15H22N5O7P. The largest absolute Gasteiger partial charge is 0.469 e. The molecule has 2 aromatic heterocycles. The summed E-state index contributed by atoms with van der Waals surface area (Å²) in [5, 5.41) is 23.6. The second kappa shape index (κ2) is 8.21. The lowest BCUT2D eigenvalue weighted by molar-refractivity contribution is -0.0504. The number of fused-ring (bicyclic) bond motifs is 1. The fraction of sp³-hybridized carbons (Fsp3) is 0.533. The lowest BCUT2D eigenvalue weighted by Gasteiger charge is -2.16. The summed E-state index contributed by atoms with van der Waals surface area (Å²) in [5.41, 5.74) is 1.83. The Kier molecular flexibility index (Phi) is 6.10. The zero-order chi connectivity index (χ0) is 20.5. The Balaban J connectivity index is 1.79. The van der Waals surface area contributed by atoms with Crippen molar-refractivity contribution < 1.29 is 33.8 Å². The van der Waals surface area contributed by atoms with Crippen molar-refractivity contribution in [1.82, 2.24) is 19.5 Å². The normalized spacial score (nSPS) is 25.3. The topological polar surface area (TPSA) is 172 Å². The van der Waals surface area contributed by atoms with Crippen molar-refractivity contribution in [2.24, 2.45) is 0 Å². The molecule has 3 rings (SSSR count). The summed E-state index contributed by atoms with van der Waals surface area (Å²) < 4.78 is 22.2. The van der Waals surface area contributed by atoms with Gasteiger partial charge in [0.2, 0.25) is 0 Å². The first-order valence-corrected chi connectivity index (χ1v) is 9.98. The summed E-state index contributed by atoms with van der Waals surface area (Å²) in [7, 11) is -4.73. The Morgan fingerprint density at radius 1 is 1.36 bits per heavy atom. The molecule has 0 aliphatic carbocycles. The molecule has 154 valence electrons. The second-order valence-corrected chi connectivity index (χ2v) is 7.75. The zero-order valence-electron chi connectivity index (χ0n) is 15.0. The van der Waals surface area contributed by atoms with Crippen LogP contribution >= 0.6 is 7.82 Å². The summed E-state index contributed by atoms with van der Waals surface area (Å²) in [6.07, 6.45) is -1.53. The van der Waals surface area contributed by atoms with Gasteiger partial charge in [0, 0.05) is 6.54 Å². The first-order chi connectivity index (χ1) is 13.2. The molecular weight excluding hydrogens is 393 g/mol. The molecule has 2 aromatic rings. The highest BCUT2D eigenvalue weighted by atomic mass is 31.2. The highest BCUT2D eigenvalue weighted by molar-refractivity contribution is 7.46. The number of ether oxygens (including phenoxy) is 1. The van der Waals surface area contributed by atoms with Crippen molar-refractivity contribution in [3.63, 3.8) is 0 Å². The van der Waals surface area contributed by atoms with Gasteiger partial charge in [-0.1, -0.05) is 5.57 Å². The standard InChI is InChI=1S/C15H22N5O7P/c1-8(2)3-4-16-13-10-14(18-6-17-13)20(7-19-10)15-12(22)11(21)9(27-15)5-26-28(23,24)25/h6-7,9,11-12,15,21-22H,1,3-5H2,2H3,(H,16,17,18)(H2,23,24,25). The molecule has 0 spiro atoms. The average Bonchev–Trinajstić information content (AvgIpc) is 3.15. The number of nitrogens with zero attached hydrogens (tertiary/aromatic N) is 4. The van der Waals surface area contributed by atoms with Gasteiger partial charge in [-0.15, -0.1) is 6.58 Å². The van der Waals surface area contributed by atoms with Gasteiger partial charge in [0.25, 0.3) is 0 Å². The Labute approximate surface area is 160 Å². The van der Waals surface area contributed by atoms with E-state index in [1.165, 1.54) is 17.2 Å². The second-order valence-electron chi connectivity index (χ2n) is 6.51. The Hall–Kier alpha value is -1.92. The summed E-state index contributed by atoms with van der Waals surface area (Å²) in [6, 6.07) is 0. The van der Waals surface area contributed by atoms with E-state index in [0.717, 1.165) is 12.0 Å². The van der Waals surface area contributed by atoms with E-state index in [1.54, 1.807) is 0 Å². The van der Waals surface area contributed by atoms with Gasteiger partial charge in [0.15, 0.2) is 23.2 Å². The molecule has 3 heterocycles. The predicted octanol–water partition coefficient (Wildman–Crippen LogP) is -0.0671. The summed E-state index contributed by atoms with van der Waals surface area (Å²) in [4.78, 5) is 30.2. The molecule has 12 nitrogen and oxygen atoms in total. The number of hydrogen-bond donors (Lipinski definition) is 5. The molecule has 13 heteroatoms. The van der Waals surface area contributed by atoms with Gasteiger partial charge in [-0.25, -0.2) is 19.5 Å². The van der Waals surface area contributed by atoms with Crippen LogP contribution in [-0.4, -0.2) is 71.0 Å². The Morgan fingerprint density at radius 2 is 2.11 bits per heavy atom. The van der Waals surface area contributed by atoms with Crippen LogP contribution in [0.5, 0.6) is 0 Å². The van der Waals surface area contributed by atoms with Crippen molar-refractivity contribution in [1.29, 1.82) is 0 Å². The van der Waals surface area contributed by atoms with Crippen LogP contribution < -0.4 is 5.32 Å². The molecule has 0 radical (unpaired) electrons. The van der Waals surface area contributed by atoms with Gasteiger partial charge in [-0.3, -0.25) is 9.09 Å². The molecule has 4 unspecified atom stereocenters. The van der Waals surface area contributed by atoms with Gasteiger partial charge in [0.05, 0.1) is 12.9 Å². The SMILES string of the molecule is C=C(C)CCNc1ncnc2c1ncn2C1OC(COP(=O)(O)O)C(O)C1O. The third kappa shape index (κ3) is 4.55. The average molecular weight is 415 g/mol. The van der Waals surface area contributed by atoms with E-state index in [4.69, 9.17) is 14.5 Å². The minimum absolute atomic E-state index is 0.362. The Bertz CT molecular complexity index is 900. The van der Waals surface area contributed by atoms with Crippen molar-refractivity contribution in [2.45, 2.75) is 37.9 Å². The Morgan fingerprint density at radius 3 is 2.79 bits per heavy atom. The molecule has 1 aliphatic rings. The first kappa shape index (κ1) is 20.8. The van der Waals surface area contributed by atoms with E-state index in [1.807, 2.05) is 6.92 Å². The summed E-state index contributed by atoms with van der Waals surface area (Å²) in [5.74, 6) is 0.499. The van der Waals surface area contributed by atoms with E-state index in [0.29, 0.717) is 23.5 Å². The number of aliphatic hydroxyl groups excluding tert-OH is 2. The molecule has 0 amide bonds. The van der Waals surface area contributed by atoms with Crippen LogP contribution in [0.1, 0.15) is 19.6 Å². The lowest BCUT2D eigenvalue weighted by atomic mass is 10.1. The molecule has 4 atom stereocenters. The van der Waals surface area contributed by atoms with E-state index < -0.39 is 39.0 Å². The quantitative estimate of drug-likeness (QED) is 0.289. The molecule has 1 fully saturated rings. The maximum Gasteiger partial charge on any atom is 0.469 e. The number of hydrogen-bond acceptors (Lipinski definition) is 9. The minimum Gasteiger partial charge on any atom is -0.387 e. The molecule has 0 saturated carbocycles. The highest BCUT2D eigenvalue weighted by Crippen LogP contribution is 2.38. The number of phosphoric acid groups is 1. The first-order valence-electron chi connectivity index (χ1n) is 8.45. The fourth-order valence-electron chi connectivity index (χ4n) is 2.83. The van der Waals surface area contributed by atoms with Crippen LogP contribution in [0, 0.1) is 0 Å². The number of aromatic nitrogens is 4. The summed E-state index contributed by atoms with van der Waals surface area (Å²) >= 11 is 0. The van der Waals surface area contributed by atoms with Crippen molar-refractivity contribution in [3.8, 4) is 0 Å². The maximum atomic E-state index is 10.9. The number of aliphatic hydroxyl groups is 2. The van der Waals surface area contributed by atoms with Crippen molar-refractivity contribution >= 4 is 24.8 Å². The highest BCUT2D eigenvalue weighted by Gasteiger charge is 2.45. The van der Waals surface area contributed by atoms with Gasteiger partial charge < -0.3 is 30.1 Å². The van der Waals surface area contributed by atoms with Crippen molar-refractivity contribution in [2.75, 3.05) is 18.5 Å². The molecule has 5 N–H and O–H groups in total. The minimum atomic E-state index is -4.73. The third-order valence-corrected chi connectivity index (χ3v) is 4.71. The number of nitrogens with one attached hydrogen (secondary N) is 1. The fourth-order valence-corrected chi connectivity index (χ4v) is 3.17. The maximum absolute atomic E-state index is 10.9. The lowest BCUT2D eigenvalue weighted by Crippen LogP contribution is -2.33. The van der Waals surface area contributed by atoms with Gasteiger partial charge in [0.1, 0.15) is 24.6 Å². The van der Waals surface area contributed by atoms with E-state index in [9.17, 15) is 14.8 Å². The van der Waals surface area contributed by atoms with E-state index in [2.05, 4.69) is 31.4 Å². The van der Waals surface area contributed by atoms with Crippen LogP contribution in [0.25, 0.3) is 11.2 Å². The summed E-state index contributed by atoms with van der Waals surface area (Å²) in [6.45, 7) is 5.78. The van der Waals surface area contributed by atoms with Crippen LogP contribution in [0.15, 0.2) is 24.8 Å². The molecule has 28 heavy (non-hydrogen) atoms. The van der Waals surface area contributed by atoms with E-state index in [-0.39, 0.29) is 0 Å². The predicted molar refractivity (Wildman–Crippen MR) is 97.2 cm³/mol. The third-order valence-electron chi connectivity index (χ3n) is 4.22. The van der Waals surface area contributed by atoms with Crippen LogP contribution in [-0.2, 0) is 13.8 Å². The number of phosphoric ester groups is 1. The molecule has 1 saturated heterocycles. The van der Waals surface area contributed by atoms with Gasteiger partial charge >= 0.3 is 7.82 Å². The number of imidazole rings is 1. The van der Waals surface area contributed by atoms with Crippen LogP contribution in [0.3, 0.4) is 0 Å². The van der Waals surface area contributed by atoms with Crippen LogP contribution in [0.4, 0.5) is 5.82 Å². The molecule has 0 aromatic carbocycles. The zero-order valence-corrected chi connectivity index (χ0v) is 15.9. The van der Waals surface area contributed by atoms with E-state index >= 15 is 0 Å². The van der Waals surface area contributed by atoms with Gasteiger partial charge in [-0.2, -0.15) is 0 Å². The molecule has 1 aliphatic heterocycles. The number of rotatable bonds is 8. The number of anilines is 1.